The number of fused-ring (bicyclic) bond motifs is 1. The fourth-order valence-electron chi connectivity index (χ4n) is 2.98. The number of carboxylic acids is 1. The van der Waals surface area contributed by atoms with Gasteiger partial charge in [0.1, 0.15) is 0 Å². The van der Waals surface area contributed by atoms with Crippen LogP contribution in [-0.2, 0) is 13.1 Å². The Balaban J connectivity index is 1.76. The van der Waals surface area contributed by atoms with E-state index in [2.05, 4.69) is 10.2 Å². The number of aromatic carboxylic acids is 1. The summed E-state index contributed by atoms with van der Waals surface area (Å²) in [4.78, 5) is 13.4. The Labute approximate surface area is 107 Å². The van der Waals surface area contributed by atoms with Gasteiger partial charge in [-0.05, 0) is 49.2 Å². The Hall–Kier alpha value is -1.39. The number of hydrogen-bond acceptors (Lipinski definition) is 3. The molecular weight excluding hydrogens is 228 g/mol. The fourth-order valence-corrected chi connectivity index (χ4v) is 2.98. The predicted molar refractivity (Wildman–Crippen MR) is 68.5 cm³/mol. The second-order valence-corrected chi connectivity index (χ2v) is 5.17. The Morgan fingerprint density at radius 2 is 1.94 bits per heavy atom. The summed E-state index contributed by atoms with van der Waals surface area (Å²) in [7, 11) is 0. The molecule has 3 rings (SSSR count). The first-order valence-corrected chi connectivity index (χ1v) is 6.54. The second-order valence-electron chi connectivity index (χ2n) is 5.17. The zero-order valence-electron chi connectivity index (χ0n) is 10.4. The maximum absolute atomic E-state index is 11.0. The van der Waals surface area contributed by atoms with Crippen molar-refractivity contribution in [3.63, 3.8) is 0 Å². The molecule has 0 aliphatic carbocycles. The monoisotopic (exact) mass is 246 g/mol. The van der Waals surface area contributed by atoms with Gasteiger partial charge in [-0.25, -0.2) is 4.79 Å². The molecule has 1 aromatic rings. The number of piperidine rings is 1. The van der Waals surface area contributed by atoms with Crippen molar-refractivity contribution in [3.05, 3.63) is 34.9 Å². The molecule has 1 fully saturated rings. The van der Waals surface area contributed by atoms with Gasteiger partial charge in [-0.2, -0.15) is 0 Å². The van der Waals surface area contributed by atoms with Crippen molar-refractivity contribution >= 4 is 5.97 Å². The lowest BCUT2D eigenvalue weighted by Crippen LogP contribution is -2.40. The fraction of sp³-hybridized carbons (Fsp3) is 0.500. The minimum atomic E-state index is -0.835. The Kier molecular flexibility index (Phi) is 3.06. The normalized spacial score (nSPS) is 20.9. The number of hydrogen-bond donors (Lipinski definition) is 2. The quantitative estimate of drug-likeness (QED) is 0.829. The van der Waals surface area contributed by atoms with Gasteiger partial charge in [-0.15, -0.1) is 0 Å². The average molecular weight is 246 g/mol. The molecule has 1 aromatic carbocycles. The number of carbonyl (C=O) groups is 1. The Morgan fingerprint density at radius 1 is 1.22 bits per heavy atom. The van der Waals surface area contributed by atoms with Crippen LogP contribution in [0.25, 0.3) is 0 Å². The summed E-state index contributed by atoms with van der Waals surface area (Å²) in [5.41, 5.74) is 2.88. The van der Waals surface area contributed by atoms with E-state index in [1.807, 2.05) is 12.1 Å². The van der Waals surface area contributed by atoms with Gasteiger partial charge >= 0.3 is 5.97 Å². The molecule has 2 heterocycles. The van der Waals surface area contributed by atoms with Crippen molar-refractivity contribution in [1.82, 2.24) is 10.2 Å². The van der Waals surface area contributed by atoms with Crippen LogP contribution in [0, 0.1) is 0 Å². The molecule has 96 valence electrons. The molecular formula is C14H18N2O2. The second kappa shape index (κ2) is 4.71. The van der Waals surface area contributed by atoms with E-state index in [0.717, 1.165) is 26.2 Å². The molecule has 4 nitrogen and oxygen atoms in total. The summed E-state index contributed by atoms with van der Waals surface area (Å²) in [6.07, 6.45) is 2.39. The summed E-state index contributed by atoms with van der Waals surface area (Å²) in [6, 6.07) is 6.16. The molecule has 18 heavy (non-hydrogen) atoms. The van der Waals surface area contributed by atoms with Crippen LogP contribution in [0.1, 0.15) is 34.3 Å². The lowest BCUT2D eigenvalue weighted by Gasteiger charge is -2.31. The third-order valence-electron chi connectivity index (χ3n) is 4.03. The third kappa shape index (κ3) is 2.13. The van der Waals surface area contributed by atoms with Gasteiger partial charge in [0, 0.05) is 19.1 Å². The van der Waals surface area contributed by atoms with E-state index >= 15 is 0 Å². The minimum absolute atomic E-state index is 0.404. The van der Waals surface area contributed by atoms with Crippen molar-refractivity contribution in [2.24, 2.45) is 0 Å². The van der Waals surface area contributed by atoms with Crippen LogP contribution in [0.15, 0.2) is 18.2 Å². The lowest BCUT2D eigenvalue weighted by molar-refractivity contribution is 0.0696. The first-order chi connectivity index (χ1) is 8.74. The van der Waals surface area contributed by atoms with Gasteiger partial charge < -0.3 is 10.4 Å². The van der Waals surface area contributed by atoms with Crippen LogP contribution in [0.2, 0.25) is 0 Å². The highest BCUT2D eigenvalue weighted by Crippen LogP contribution is 2.28. The van der Waals surface area contributed by atoms with Crippen LogP contribution in [0.4, 0.5) is 0 Å². The van der Waals surface area contributed by atoms with Crippen molar-refractivity contribution in [2.75, 3.05) is 13.1 Å². The molecule has 0 atom stereocenters. The lowest BCUT2D eigenvalue weighted by atomic mass is 10.1. The first-order valence-electron chi connectivity index (χ1n) is 6.54. The predicted octanol–water partition coefficient (Wildman–Crippen LogP) is 1.45. The maximum Gasteiger partial charge on any atom is 0.335 e. The van der Waals surface area contributed by atoms with Crippen molar-refractivity contribution in [3.8, 4) is 0 Å². The molecule has 0 spiro atoms. The van der Waals surface area contributed by atoms with Gasteiger partial charge in [-0.3, -0.25) is 4.90 Å². The van der Waals surface area contributed by atoms with Crippen LogP contribution in [0.3, 0.4) is 0 Å². The minimum Gasteiger partial charge on any atom is -0.478 e. The maximum atomic E-state index is 11.0. The number of nitrogens with one attached hydrogen (secondary N) is 1. The highest BCUT2D eigenvalue weighted by atomic mass is 16.4. The molecule has 0 radical (unpaired) electrons. The highest BCUT2D eigenvalue weighted by Gasteiger charge is 2.27. The molecule has 0 aromatic heterocycles. The van der Waals surface area contributed by atoms with E-state index in [9.17, 15) is 4.79 Å². The molecule has 2 N–H and O–H groups in total. The van der Waals surface area contributed by atoms with E-state index in [1.54, 1.807) is 6.07 Å². The van der Waals surface area contributed by atoms with E-state index in [1.165, 1.54) is 24.0 Å². The largest absolute Gasteiger partial charge is 0.478 e. The van der Waals surface area contributed by atoms with Crippen molar-refractivity contribution < 1.29 is 9.90 Å². The van der Waals surface area contributed by atoms with Crippen molar-refractivity contribution in [1.29, 1.82) is 0 Å². The van der Waals surface area contributed by atoms with Crippen LogP contribution >= 0.6 is 0 Å². The number of benzene rings is 1. The summed E-state index contributed by atoms with van der Waals surface area (Å²) in [5, 5.41) is 12.4. The Morgan fingerprint density at radius 3 is 2.67 bits per heavy atom. The number of carboxylic acid groups (broad SMARTS) is 1. The average Bonchev–Trinajstić information content (AvgIpc) is 2.82. The summed E-state index contributed by atoms with van der Waals surface area (Å²) in [5.74, 6) is -0.835. The van der Waals surface area contributed by atoms with Gasteiger partial charge in [0.15, 0.2) is 0 Å². The molecule has 0 amide bonds. The molecule has 0 unspecified atom stereocenters. The molecule has 0 saturated carbocycles. The van der Waals surface area contributed by atoms with E-state index in [0.29, 0.717) is 11.6 Å². The van der Waals surface area contributed by atoms with Crippen LogP contribution in [0.5, 0.6) is 0 Å². The van der Waals surface area contributed by atoms with Crippen LogP contribution < -0.4 is 5.32 Å². The smallest absolute Gasteiger partial charge is 0.335 e. The summed E-state index contributed by atoms with van der Waals surface area (Å²) >= 11 is 0. The van der Waals surface area contributed by atoms with E-state index < -0.39 is 5.97 Å². The molecule has 0 bridgehead atoms. The molecule has 4 heteroatoms. The topological polar surface area (TPSA) is 52.6 Å². The molecule has 2 aliphatic rings. The standard InChI is InChI=1S/C14H18N2O2/c17-14(18)10-1-2-11-8-16(9-12(11)7-10)13-3-5-15-6-4-13/h1-2,7,13,15H,3-6,8-9H2,(H,17,18). The Bertz CT molecular complexity index is 467. The van der Waals surface area contributed by atoms with Gasteiger partial charge in [-0.1, -0.05) is 6.07 Å². The van der Waals surface area contributed by atoms with E-state index in [-0.39, 0.29) is 0 Å². The zero-order chi connectivity index (χ0) is 12.5. The van der Waals surface area contributed by atoms with Gasteiger partial charge in [0.2, 0.25) is 0 Å². The first kappa shape index (κ1) is 11.7. The van der Waals surface area contributed by atoms with Crippen LogP contribution in [-0.4, -0.2) is 35.1 Å². The summed E-state index contributed by atoms with van der Waals surface area (Å²) in [6.45, 7) is 4.07. The third-order valence-corrected chi connectivity index (χ3v) is 4.03. The SMILES string of the molecule is O=C(O)c1ccc2c(c1)CN(C1CCNCC1)C2. The highest BCUT2D eigenvalue weighted by molar-refractivity contribution is 5.87. The molecule has 1 saturated heterocycles. The number of nitrogens with zero attached hydrogens (tertiary/aromatic N) is 1. The number of rotatable bonds is 2. The van der Waals surface area contributed by atoms with Crippen molar-refractivity contribution in [2.45, 2.75) is 32.0 Å². The zero-order valence-corrected chi connectivity index (χ0v) is 10.4. The van der Waals surface area contributed by atoms with Gasteiger partial charge in [0.25, 0.3) is 0 Å². The van der Waals surface area contributed by atoms with Gasteiger partial charge in [0.05, 0.1) is 5.56 Å². The van der Waals surface area contributed by atoms with E-state index in [4.69, 9.17) is 5.11 Å². The summed E-state index contributed by atoms with van der Waals surface area (Å²) < 4.78 is 0. The molecule has 2 aliphatic heterocycles.